The zero-order chi connectivity index (χ0) is 19.1. The highest BCUT2D eigenvalue weighted by Crippen LogP contribution is 2.42. The molecule has 0 radical (unpaired) electrons. The SMILES string of the molecule is NC1C2CCCC1CC(C(=O)Nc1cccc3c1CN(c1ccccn1)C3)C2. The maximum Gasteiger partial charge on any atom is 0.227 e. The van der Waals surface area contributed by atoms with Crippen molar-refractivity contribution in [1.29, 1.82) is 0 Å². The molecule has 2 fully saturated rings. The fourth-order valence-electron chi connectivity index (χ4n) is 5.48. The normalized spacial score (nSPS) is 28.7. The fourth-order valence-corrected chi connectivity index (χ4v) is 5.48. The second kappa shape index (κ2) is 7.21. The number of aromatic nitrogens is 1. The van der Waals surface area contributed by atoms with Crippen molar-refractivity contribution < 1.29 is 4.79 Å². The minimum absolute atomic E-state index is 0.0965. The van der Waals surface area contributed by atoms with Gasteiger partial charge >= 0.3 is 0 Å². The van der Waals surface area contributed by atoms with Crippen molar-refractivity contribution in [2.75, 3.05) is 10.2 Å². The van der Waals surface area contributed by atoms with Gasteiger partial charge in [0.25, 0.3) is 0 Å². The molecule has 5 rings (SSSR count). The zero-order valence-electron chi connectivity index (χ0n) is 16.2. The average molecular weight is 377 g/mol. The van der Waals surface area contributed by atoms with E-state index in [1.54, 1.807) is 0 Å². The van der Waals surface area contributed by atoms with Crippen molar-refractivity contribution >= 4 is 17.4 Å². The summed E-state index contributed by atoms with van der Waals surface area (Å²) in [6.45, 7) is 1.61. The molecule has 2 aromatic rings. The Bertz CT molecular complexity index is 854. The first-order chi connectivity index (χ1) is 13.7. The first kappa shape index (κ1) is 17.7. The molecule has 5 nitrogen and oxygen atoms in total. The molecule has 5 heteroatoms. The summed E-state index contributed by atoms with van der Waals surface area (Å²) in [4.78, 5) is 19.8. The second-order valence-electron chi connectivity index (χ2n) is 8.67. The smallest absolute Gasteiger partial charge is 0.227 e. The van der Waals surface area contributed by atoms with E-state index < -0.39 is 0 Å². The average Bonchev–Trinajstić information content (AvgIpc) is 3.14. The molecule has 1 aromatic heterocycles. The van der Waals surface area contributed by atoms with E-state index in [1.807, 2.05) is 36.5 Å². The number of benzene rings is 1. The van der Waals surface area contributed by atoms with Crippen LogP contribution in [0.15, 0.2) is 42.6 Å². The molecule has 2 bridgehead atoms. The number of hydrogen-bond donors (Lipinski definition) is 2. The van der Waals surface area contributed by atoms with Gasteiger partial charge in [-0.2, -0.15) is 0 Å². The van der Waals surface area contributed by atoms with Gasteiger partial charge in [-0.3, -0.25) is 4.79 Å². The summed E-state index contributed by atoms with van der Waals surface area (Å²) in [5, 5.41) is 3.26. The Morgan fingerprint density at radius 2 is 1.89 bits per heavy atom. The lowest BCUT2D eigenvalue weighted by atomic mass is 9.65. The molecular weight excluding hydrogens is 348 g/mol. The van der Waals surface area contributed by atoms with Crippen molar-refractivity contribution in [1.82, 2.24) is 4.98 Å². The molecular formula is C23H28N4O. The minimum Gasteiger partial charge on any atom is -0.348 e. The van der Waals surface area contributed by atoms with Gasteiger partial charge < -0.3 is 16.0 Å². The van der Waals surface area contributed by atoms with Crippen LogP contribution in [0.2, 0.25) is 0 Å². The Kier molecular flexibility index (Phi) is 4.55. The summed E-state index contributed by atoms with van der Waals surface area (Å²) >= 11 is 0. The molecule has 0 saturated heterocycles. The van der Waals surface area contributed by atoms with E-state index >= 15 is 0 Å². The van der Waals surface area contributed by atoms with Crippen molar-refractivity contribution in [3.05, 3.63) is 53.7 Å². The zero-order valence-corrected chi connectivity index (χ0v) is 16.2. The van der Waals surface area contributed by atoms with Crippen LogP contribution in [0.4, 0.5) is 11.5 Å². The first-order valence-electron chi connectivity index (χ1n) is 10.5. The van der Waals surface area contributed by atoms with E-state index in [9.17, 15) is 4.79 Å². The lowest BCUT2D eigenvalue weighted by Crippen LogP contribution is -2.48. The van der Waals surface area contributed by atoms with E-state index in [1.165, 1.54) is 30.4 Å². The van der Waals surface area contributed by atoms with Crippen LogP contribution in [-0.2, 0) is 17.9 Å². The van der Waals surface area contributed by atoms with Gasteiger partial charge in [-0.15, -0.1) is 0 Å². The maximum atomic E-state index is 13.1. The lowest BCUT2D eigenvalue weighted by molar-refractivity contribution is -0.122. The molecule has 2 unspecified atom stereocenters. The molecule has 146 valence electrons. The molecule has 0 spiro atoms. The van der Waals surface area contributed by atoms with Gasteiger partial charge in [0.05, 0.1) is 0 Å². The van der Waals surface area contributed by atoms with E-state index in [0.29, 0.717) is 17.9 Å². The lowest BCUT2D eigenvalue weighted by Gasteiger charge is -2.43. The van der Waals surface area contributed by atoms with Crippen LogP contribution in [0.3, 0.4) is 0 Å². The number of carbonyl (C=O) groups is 1. The highest BCUT2D eigenvalue weighted by atomic mass is 16.1. The highest BCUT2D eigenvalue weighted by molar-refractivity contribution is 5.93. The topological polar surface area (TPSA) is 71.2 Å². The molecule has 1 aromatic carbocycles. The predicted octanol–water partition coefficient (Wildman–Crippen LogP) is 3.69. The summed E-state index contributed by atoms with van der Waals surface area (Å²) in [5.74, 6) is 2.28. The van der Waals surface area contributed by atoms with Crippen LogP contribution in [0.1, 0.15) is 43.2 Å². The minimum atomic E-state index is 0.0965. The Morgan fingerprint density at radius 1 is 1.07 bits per heavy atom. The number of carbonyl (C=O) groups excluding carboxylic acids is 1. The van der Waals surface area contributed by atoms with Crippen LogP contribution >= 0.6 is 0 Å². The van der Waals surface area contributed by atoms with E-state index in [4.69, 9.17) is 5.73 Å². The molecule has 2 aliphatic carbocycles. The summed E-state index contributed by atoms with van der Waals surface area (Å²) in [7, 11) is 0. The number of fused-ring (bicyclic) bond motifs is 3. The molecule has 2 heterocycles. The van der Waals surface area contributed by atoms with Gasteiger partial charge in [-0.1, -0.05) is 24.6 Å². The van der Waals surface area contributed by atoms with Gasteiger partial charge in [-0.05, 0) is 66.8 Å². The third-order valence-electron chi connectivity index (χ3n) is 7.00. The number of nitrogens with zero attached hydrogens (tertiary/aromatic N) is 2. The quantitative estimate of drug-likeness (QED) is 0.857. The van der Waals surface area contributed by atoms with Gasteiger partial charge in [-0.25, -0.2) is 4.98 Å². The summed E-state index contributed by atoms with van der Waals surface area (Å²) in [5.41, 5.74) is 9.85. The highest BCUT2D eigenvalue weighted by Gasteiger charge is 2.40. The van der Waals surface area contributed by atoms with Crippen molar-refractivity contribution in [3.8, 4) is 0 Å². The largest absolute Gasteiger partial charge is 0.348 e. The van der Waals surface area contributed by atoms with Crippen LogP contribution < -0.4 is 16.0 Å². The van der Waals surface area contributed by atoms with Crippen molar-refractivity contribution in [2.24, 2.45) is 23.5 Å². The monoisotopic (exact) mass is 376 g/mol. The van der Waals surface area contributed by atoms with Gasteiger partial charge in [0.15, 0.2) is 0 Å². The molecule has 3 N–H and O–H groups in total. The maximum absolute atomic E-state index is 13.1. The number of pyridine rings is 1. The van der Waals surface area contributed by atoms with E-state index in [-0.39, 0.29) is 11.8 Å². The third-order valence-corrected chi connectivity index (χ3v) is 7.00. The Balaban J connectivity index is 1.31. The Morgan fingerprint density at radius 3 is 2.64 bits per heavy atom. The van der Waals surface area contributed by atoms with Crippen LogP contribution in [0.5, 0.6) is 0 Å². The first-order valence-corrected chi connectivity index (χ1v) is 10.5. The van der Waals surface area contributed by atoms with Crippen LogP contribution in [-0.4, -0.2) is 16.9 Å². The van der Waals surface area contributed by atoms with E-state index in [0.717, 1.165) is 37.4 Å². The summed E-state index contributed by atoms with van der Waals surface area (Å²) < 4.78 is 0. The molecule has 1 aliphatic heterocycles. The summed E-state index contributed by atoms with van der Waals surface area (Å²) in [6.07, 6.45) is 7.35. The Labute approximate surface area is 166 Å². The van der Waals surface area contributed by atoms with Crippen LogP contribution in [0, 0.1) is 17.8 Å². The second-order valence-corrected chi connectivity index (χ2v) is 8.67. The van der Waals surface area contributed by atoms with Crippen molar-refractivity contribution in [3.63, 3.8) is 0 Å². The van der Waals surface area contributed by atoms with Gasteiger partial charge in [0.1, 0.15) is 5.82 Å². The molecule has 2 atom stereocenters. The number of hydrogen-bond acceptors (Lipinski definition) is 4. The third kappa shape index (κ3) is 3.18. The Hall–Kier alpha value is -2.40. The number of rotatable bonds is 3. The summed E-state index contributed by atoms with van der Waals surface area (Å²) in [6, 6.07) is 12.5. The molecule has 28 heavy (non-hydrogen) atoms. The number of amides is 1. The molecule has 3 aliphatic rings. The van der Waals surface area contributed by atoms with E-state index in [2.05, 4.69) is 21.3 Å². The number of nitrogens with two attached hydrogens (primary N) is 1. The van der Waals surface area contributed by atoms with Gasteiger partial charge in [0.2, 0.25) is 5.91 Å². The number of nitrogens with one attached hydrogen (secondary N) is 1. The number of anilines is 2. The standard InChI is InChI=1S/C23H28N4O/c24-22-15-5-3-6-16(22)12-18(11-15)23(28)26-20-8-4-7-17-13-27(14-19(17)20)21-9-1-2-10-25-21/h1-2,4,7-10,15-16,18,22H,3,5-6,11-14,24H2,(H,26,28). The predicted molar refractivity (Wildman–Crippen MR) is 111 cm³/mol. The van der Waals surface area contributed by atoms with Crippen molar-refractivity contribution in [2.45, 2.75) is 51.2 Å². The van der Waals surface area contributed by atoms with Gasteiger partial charge in [0, 0.05) is 36.9 Å². The molecule has 1 amide bonds. The fraction of sp³-hybridized carbons (Fsp3) is 0.478. The van der Waals surface area contributed by atoms with Crippen LogP contribution in [0.25, 0.3) is 0 Å². The molecule has 2 saturated carbocycles.